The van der Waals surface area contributed by atoms with E-state index in [1.165, 1.54) is 0 Å². The Morgan fingerprint density at radius 1 is 1.56 bits per heavy atom. The van der Waals surface area contributed by atoms with Gasteiger partial charge in [0.15, 0.2) is 0 Å². The topological polar surface area (TPSA) is 61.8 Å². The van der Waals surface area contributed by atoms with Crippen molar-refractivity contribution in [2.75, 3.05) is 39.5 Å². The number of ether oxygens (including phenoxy) is 1. The van der Waals surface area contributed by atoms with Gasteiger partial charge in [0.2, 0.25) is 5.91 Å². The van der Waals surface area contributed by atoms with Gasteiger partial charge in [-0.3, -0.25) is 4.79 Å². The molecule has 1 fully saturated rings. The molecule has 0 aromatic heterocycles. The summed E-state index contributed by atoms with van der Waals surface area (Å²) in [7, 11) is 0. The van der Waals surface area contributed by atoms with Crippen molar-refractivity contribution in [2.24, 2.45) is 0 Å². The Morgan fingerprint density at radius 2 is 2.38 bits per heavy atom. The predicted molar refractivity (Wildman–Crippen MR) is 61.2 cm³/mol. The fourth-order valence-electron chi connectivity index (χ4n) is 1.75. The van der Waals surface area contributed by atoms with E-state index in [0.29, 0.717) is 26.3 Å². The molecule has 0 bridgehead atoms. The molecule has 1 atom stereocenters. The van der Waals surface area contributed by atoms with Crippen LogP contribution in [0.5, 0.6) is 0 Å². The maximum atomic E-state index is 12.1. The SMILES string of the molecule is CCCCN(CCO)C(=O)C1COCCN1. The van der Waals surface area contributed by atoms with E-state index in [1.807, 2.05) is 0 Å². The second-order valence-corrected chi connectivity index (χ2v) is 3.98. The summed E-state index contributed by atoms with van der Waals surface area (Å²) in [6.07, 6.45) is 2.02. The summed E-state index contributed by atoms with van der Waals surface area (Å²) in [6.45, 7) is 5.06. The Hall–Kier alpha value is -0.650. The lowest BCUT2D eigenvalue weighted by Crippen LogP contribution is -2.53. The summed E-state index contributed by atoms with van der Waals surface area (Å²) in [5.74, 6) is 0.0437. The molecule has 1 aliphatic heterocycles. The molecule has 16 heavy (non-hydrogen) atoms. The molecular weight excluding hydrogens is 208 g/mol. The molecule has 0 saturated carbocycles. The number of morpholine rings is 1. The van der Waals surface area contributed by atoms with Gasteiger partial charge in [0, 0.05) is 19.6 Å². The second kappa shape index (κ2) is 7.60. The quantitative estimate of drug-likeness (QED) is 0.651. The molecule has 0 aromatic rings. The highest BCUT2D eigenvalue weighted by Crippen LogP contribution is 2.02. The van der Waals surface area contributed by atoms with Gasteiger partial charge in [-0.05, 0) is 6.42 Å². The maximum absolute atomic E-state index is 12.1. The van der Waals surface area contributed by atoms with E-state index >= 15 is 0 Å². The van der Waals surface area contributed by atoms with Gasteiger partial charge in [0.05, 0.1) is 19.8 Å². The number of nitrogens with one attached hydrogen (secondary N) is 1. The molecule has 1 unspecified atom stereocenters. The molecule has 94 valence electrons. The van der Waals surface area contributed by atoms with Gasteiger partial charge >= 0.3 is 0 Å². The summed E-state index contributed by atoms with van der Waals surface area (Å²) in [5.41, 5.74) is 0. The van der Waals surface area contributed by atoms with E-state index in [2.05, 4.69) is 12.2 Å². The Balaban J connectivity index is 2.44. The maximum Gasteiger partial charge on any atom is 0.242 e. The van der Waals surface area contributed by atoms with E-state index in [-0.39, 0.29) is 18.6 Å². The minimum Gasteiger partial charge on any atom is -0.395 e. The smallest absolute Gasteiger partial charge is 0.242 e. The lowest BCUT2D eigenvalue weighted by atomic mass is 10.2. The number of aliphatic hydroxyl groups is 1. The Morgan fingerprint density at radius 3 is 2.94 bits per heavy atom. The number of hydrogen-bond acceptors (Lipinski definition) is 4. The van der Waals surface area contributed by atoms with Gasteiger partial charge in [0.25, 0.3) is 0 Å². The third-order valence-corrected chi connectivity index (χ3v) is 2.68. The zero-order valence-electron chi connectivity index (χ0n) is 9.95. The van der Waals surface area contributed by atoms with Gasteiger partial charge < -0.3 is 20.1 Å². The molecule has 0 aromatic carbocycles. The molecule has 1 rings (SSSR count). The molecule has 5 heteroatoms. The highest BCUT2D eigenvalue weighted by atomic mass is 16.5. The van der Waals surface area contributed by atoms with E-state index < -0.39 is 0 Å². The van der Waals surface area contributed by atoms with Crippen LogP contribution in [0, 0.1) is 0 Å². The summed E-state index contributed by atoms with van der Waals surface area (Å²) >= 11 is 0. The fourth-order valence-corrected chi connectivity index (χ4v) is 1.75. The summed E-state index contributed by atoms with van der Waals surface area (Å²) in [5, 5.41) is 12.1. The van der Waals surface area contributed by atoms with Crippen molar-refractivity contribution >= 4 is 5.91 Å². The summed E-state index contributed by atoms with van der Waals surface area (Å²) in [4.78, 5) is 13.8. The van der Waals surface area contributed by atoms with Gasteiger partial charge in [-0.1, -0.05) is 13.3 Å². The van der Waals surface area contributed by atoms with Crippen LogP contribution < -0.4 is 5.32 Å². The van der Waals surface area contributed by atoms with E-state index in [9.17, 15) is 4.79 Å². The summed E-state index contributed by atoms with van der Waals surface area (Å²) in [6, 6.07) is -0.239. The molecule has 0 spiro atoms. The largest absolute Gasteiger partial charge is 0.395 e. The summed E-state index contributed by atoms with van der Waals surface area (Å²) < 4.78 is 5.26. The number of carbonyl (C=O) groups is 1. The number of unbranched alkanes of at least 4 members (excludes halogenated alkanes) is 1. The van der Waals surface area contributed by atoms with Crippen molar-refractivity contribution in [1.82, 2.24) is 10.2 Å². The van der Waals surface area contributed by atoms with Crippen molar-refractivity contribution in [1.29, 1.82) is 0 Å². The number of carbonyl (C=O) groups excluding carboxylic acids is 1. The minimum atomic E-state index is -0.239. The Labute approximate surface area is 96.8 Å². The van der Waals surface area contributed by atoms with Gasteiger partial charge in [-0.15, -0.1) is 0 Å². The first-order valence-electron chi connectivity index (χ1n) is 6.00. The zero-order chi connectivity index (χ0) is 11.8. The van der Waals surface area contributed by atoms with Crippen molar-refractivity contribution in [3.05, 3.63) is 0 Å². The first kappa shape index (κ1) is 13.4. The standard InChI is InChI=1S/C11H22N2O3/c1-2-3-5-13(6-7-14)11(15)10-9-16-8-4-12-10/h10,12,14H,2-9H2,1H3. The number of nitrogens with zero attached hydrogens (tertiary/aromatic N) is 1. The highest BCUT2D eigenvalue weighted by molar-refractivity contribution is 5.82. The van der Waals surface area contributed by atoms with Crippen LogP contribution in [0.15, 0.2) is 0 Å². The third-order valence-electron chi connectivity index (χ3n) is 2.68. The molecule has 2 N–H and O–H groups in total. The van der Waals surface area contributed by atoms with Gasteiger partial charge in [0.1, 0.15) is 6.04 Å². The lowest BCUT2D eigenvalue weighted by Gasteiger charge is -2.29. The number of hydrogen-bond donors (Lipinski definition) is 2. The third kappa shape index (κ3) is 4.08. The predicted octanol–water partition coefficient (Wildman–Crippen LogP) is -0.404. The number of amides is 1. The average molecular weight is 230 g/mol. The number of aliphatic hydroxyl groups excluding tert-OH is 1. The fraction of sp³-hybridized carbons (Fsp3) is 0.909. The van der Waals surface area contributed by atoms with E-state index in [1.54, 1.807) is 4.90 Å². The van der Waals surface area contributed by atoms with Gasteiger partial charge in [-0.25, -0.2) is 0 Å². The van der Waals surface area contributed by atoms with Crippen LogP contribution in [0.1, 0.15) is 19.8 Å². The van der Waals surface area contributed by atoms with Crippen LogP contribution in [-0.2, 0) is 9.53 Å². The first-order valence-corrected chi connectivity index (χ1v) is 6.00. The van der Waals surface area contributed by atoms with Crippen LogP contribution in [0.3, 0.4) is 0 Å². The van der Waals surface area contributed by atoms with Crippen LogP contribution >= 0.6 is 0 Å². The highest BCUT2D eigenvalue weighted by Gasteiger charge is 2.25. The number of rotatable bonds is 6. The minimum absolute atomic E-state index is 0.0169. The van der Waals surface area contributed by atoms with Crippen LogP contribution in [-0.4, -0.2) is 61.4 Å². The molecule has 5 nitrogen and oxygen atoms in total. The Kier molecular flexibility index (Phi) is 6.37. The van der Waals surface area contributed by atoms with E-state index in [0.717, 1.165) is 19.4 Å². The van der Waals surface area contributed by atoms with Crippen molar-refractivity contribution in [3.63, 3.8) is 0 Å². The van der Waals surface area contributed by atoms with Crippen LogP contribution in [0.2, 0.25) is 0 Å². The average Bonchev–Trinajstić information content (AvgIpc) is 2.35. The van der Waals surface area contributed by atoms with Crippen molar-refractivity contribution in [3.8, 4) is 0 Å². The molecular formula is C11H22N2O3. The van der Waals surface area contributed by atoms with Gasteiger partial charge in [-0.2, -0.15) is 0 Å². The van der Waals surface area contributed by atoms with Crippen LogP contribution in [0.25, 0.3) is 0 Å². The molecule has 0 aliphatic carbocycles. The van der Waals surface area contributed by atoms with Crippen molar-refractivity contribution < 1.29 is 14.6 Å². The van der Waals surface area contributed by atoms with Crippen LogP contribution in [0.4, 0.5) is 0 Å². The Bertz CT molecular complexity index is 205. The zero-order valence-corrected chi connectivity index (χ0v) is 9.95. The lowest BCUT2D eigenvalue weighted by molar-refractivity contribution is -0.137. The molecule has 1 amide bonds. The molecule has 0 radical (unpaired) electrons. The monoisotopic (exact) mass is 230 g/mol. The van der Waals surface area contributed by atoms with Crippen molar-refractivity contribution in [2.45, 2.75) is 25.8 Å². The molecule has 1 aliphatic rings. The molecule has 1 saturated heterocycles. The van der Waals surface area contributed by atoms with E-state index in [4.69, 9.17) is 9.84 Å². The first-order chi connectivity index (χ1) is 7.79. The normalized spacial score (nSPS) is 20.8. The molecule has 1 heterocycles. The second-order valence-electron chi connectivity index (χ2n) is 3.98.